The number of hydrazine groups is 1. The summed E-state index contributed by atoms with van der Waals surface area (Å²) in [7, 11) is 1.68. The van der Waals surface area contributed by atoms with Crippen molar-refractivity contribution < 1.29 is 4.74 Å². The van der Waals surface area contributed by atoms with Crippen LogP contribution in [0.3, 0.4) is 0 Å². The van der Waals surface area contributed by atoms with Crippen LogP contribution in [0.25, 0.3) is 0 Å². The minimum Gasteiger partial charge on any atom is -0.497 e. The summed E-state index contributed by atoms with van der Waals surface area (Å²) in [5.74, 6) is 0.891. The third kappa shape index (κ3) is 4.85. The number of piperidine rings is 1. The molecule has 2 N–H and O–H groups in total. The molecule has 1 aliphatic rings. The van der Waals surface area contributed by atoms with Crippen LogP contribution in [0.2, 0.25) is 0 Å². The van der Waals surface area contributed by atoms with Crippen molar-refractivity contribution in [2.45, 2.75) is 51.6 Å². The van der Waals surface area contributed by atoms with Crippen molar-refractivity contribution in [1.82, 2.24) is 15.8 Å². The zero-order valence-corrected chi connectivity index (χ0v) is 14.6. The minimum atomic E-state index is 0.532. The molecular formula is C17H27N3OS. The fraction of sp³-hybridized carbons (Fsp3) is 0.588. The minimum absolute atomic E-state index is 0.532. The van der Waals surface area contributed by atoms with E-state index < -0.39 is 0 Å². The highest BCUT2D eigenvalue weighted by atomic mass is 32.1. The number of ether oxygens (including phenoxy) is 1. The molecule has 0 saturated carbocycles. The molecule has 1 aliphatic heterocycles. The summed E-state index contributed by atoms with van der Waals surface area (Å²) < 4.78 is 5.16. The molecular weight excluding hydrogens is 294 g/mol. The number of rotatable bonds is 5. The first kappa shape index (κ1) is 17.0. The first-order valence-electron chi connectivity index (χ1n) is 8.06. The topological polar surface area (TPSA) is 36.5 Å². The van der Waals surface area contributed by atoms with E-state index in [1.54, 1.807) is 7.11 Å². The van der Waals surface area contributed by atoms with Gasteiger partial charge in [-0.2, -0.15) is 0 Å². The Morgan fingerprint density at radius 2 is 1.86 bits per heavy atom. The molecule has 2 unspecified atom stereocenters. The molecule has 2 rings (SSSR count). The second kappa shape index (κ2) is 8.34. The number of thiocarbonyl (C=S) groups is 1. The monoisotopic (exact) mass is 321 g/mol. The van der Waals surface area contributed by atoms with Gasteiger partial charge in [0, 0.05) is 18.6 Å². The third-order valence-electron chi connectivity index (χ3n) is 4.28. The lowest BCUT2D eigenvalue weighted by Gasteiger charge is -2.39. The van der Waals surface area contributed by atoms with Crippen LogP contribution in [0, 0.1) is 0 Å². The van der Waals surface area contributed by atoms with Crippen molar-refractivity contribution >= 4 is 17.3 Å². The summed E-state index contributed by atoms with van der Waals surface area (Å²) >= 11 is 5.41. The Morgan fingerprint density at radius 3 is 2.45 bits per heavy atom. The molecule has 1 aromatic carbocycles. The van der Waals surface area contributed by atoms with Crippen molar-refractivity contribution in [3.05, 3.63) is 29.8 Å². The summed E-state index contributed by atoms with van der Waals surface area (Å²) in [5.41, 5.74) is 4.63. The van der Waals surface area contributed by atoms with Crippen LogP contribution >= 0.6 is 12.2 Å². The van der Waals surface area contributed by atoms with Gasteiger partial charge in [0.1, 0.15) is 5.75 Å². The number of methoxy groups -OCH3 is 1. The van der Waals surface area contributed by atoms with E-state index in [0.717, 1.165) is 18.7 Å². The molecule has 0 spiro atoms. The predicted molar refractivity (Wildman–Crippen MR) is 95.0 cm³/mol. The molecule has 5 heteroatoms. The summed E-state index contributed by atoms with van der Waals surface area (Å²) in [5, 5.41) is 6.30. The Kier molecular flexibility index (Phi) is 6.46. The van der Waals surface area contributed by atoms with Gasteiger partial charge in [0.2, 0.25) is 0 Å². The summed E-state index contributed by atoms with van der Waals surface area (Å²) in [6.07, 6.45) is 4.70. The van der Waals surface area contributed by atoms with Gasteiger partial charge in [-0.25, -0.2) is 5.01 Å². The van der Waals surface area contributed by atoms with Crippen molar-refractivity contribution in [2.24, 2.45) is 0 Å². The molecule has 1 aromatic rings. The normalized spacial score (nSPS) is 22.1. The molecule has 22 heavy (non-hydrogen) atoms. The highest BCUT2D eigenvalue weighted by Gasteiger charge is 2.24. The van der Waals surface area contributed by atoms with Crippen LogP contribution in [0.4, 0.5) is 0 Å². The highest BCUT2D eigenvalue weighted by Crippen LogP contribution is 2.20. The molecule has 1 saturated heterocycles. The fourth-order valence-corrected chi connectivity index (χ4v) is 3.12. The zero-order chi connectivity index (χ0) is 15.9. The molecule has 122 valence electrons. The van der Waals surface area contributed by atoms with E-state index in [-0.39, 0.29) is 0 Å². The summed E-state index contributed by atoms with van der Waals surface area (Å²) in [6, 6.07) is 9.22. The van der Waals surface area contributed by atoms with E-state index >= 15 is 0 Å². The summed E-state index contributed by atoms with van der Waals surface area (Å²) in [6.45, 7) is 5.33. The van der Waals surface area contributed by atoms with Gasteiger partial charge >= 0.3 is 0 Å². The second-order valence-corrected chi connectivity index (χ2v) is 6.41. The molecule has 1 heterocycles. The highest BCUT2D eigenvalue weighted by molar-refractivity contribution is 7.80. The molecule has 4 nitrogen and oxygen atoms in total. The number of hydrogen-bond donors (Lipinski definition) is 2. The van der Waals surface area contributed by atoms with Crippen molar-refractivity contribution in [2.75, 3.05) is 13.7 Å². The fourth-order valence-electron chi connectivity index (χ4n) is 2.91. The number of nitrogens with zero attached hydrogens (tertiary/aromatic N) is 1. The van der Waals surface area contributed by atoms with Gasteiger partial charge in [0.15, 0.2) is 5.11 Å². The van der Waals surface area contributed by atoms with E-state index in [0.29, 0.717) is 17.2 Å². The molecule has 0 radical (unpaired) electrons. The lowest BCUT2D eigenvalue weighted by Crippen LogP contribution is -2.56. The van der Waals surface area contributed by atoms with Crippen LogP contribution in [0.1, 0.15) is 38.7 Å². The van der Waals surface area contributed by atoms with E-state index in [9.17, 15) is 0 Å². The Hall–Kier alpha value is -1.33. The van der Waals surface area contributed by atoms with E-state index in [1.807, 2.05) is 12.1 Å². The lowest BCUT2D eigenvalue weighted by molar-refractivity contribution is 0.0737. The van der Waals surface area contributed by atoms with E-state index in [1.165, 1.54) is 24.8 Å². The SMILES string of the molecule is COc1ccc(CCNC(=S)NN2C(C)CCCC2C)cc1. The Morgan fingerprint density at radius 1 is 1.23 bits per heavy atom. The molecule has 0 bridgehead atoms. The Balaban J connectivity index is 1.72. The average molecular weight is 321 g/mol. The Bertz CT molecular complexity index is 467. The molecule has 0 aromatic heterocycles. The number of hydrogen-bond acceptors (Lipinski definition) is 3. The largest absolute Gasteiger partial charge is 0.497 e. The molecule has 0 amide bonds. The maximum absolute atomic E-state index is 5.41. The lowest BCUT2D eigenvalue weighted by atomic mass is 10.00. The van der Waals surface area contributed by atoms with Gasteiger partial charge < -0.3 is 10.1 Å². The van der Waals surface area contributed by atoms with Gasteiger partial charge in [-0.3, -0.25) is 5.43 Å². The maximum atomic E-state index is 5.41. The second-order valence-electron chi connectivity index (χ2n) is 6.00. The van der Waals surface area contributed by atoms with Crippen LogP contribution in [0.15, 0.2) is 24.3 Å². The summed E-state index contributed by atoms with van der Waals surface area (Å²) in [4.78, 5) is 0. The van der Waals surface area contributed by atoms with Crippen molar-refractivity contribution in [3.8, 4) is 5.75 Å². The number of benzene rings is 1. The van der Waals surface area contributed by atoms with Gasteiger partial charge in [0.25, 0.3) is 0 Å². The van der Waals surface area contributed by atoms with Gasteiger partial charge in [-0.05, 0) is 63.0 Å². The standard InChI is InChI=1S/C17H27N3OS/c1-13-5-4-6-14(2)20(13)19-17(22)18-12-11-15-7-9-16(21-3)10-8-15/h7-10,13-14H,4-6,11-12H2,1-3H3,(H2,18,19,22). The van der Waals surface area contributed by atoms with Crippen LogP contribution in [0.5, 0.6) is 5.75 Å². The predicted octanol–water partition coefficient (Wildman–Crippen LogP) is 2.88. The van der Waals surface area contributed by atoms with E-state index in [2.05, 4.69) is 41.7 Å². The number of nitrogens with one attached hydrogen (secondary N) is 2. The third-order valence-corrected chi connectivity index (χ3v) is 4.52. The van der Waals surface area contributed by atoms with Crippen LogP contribution in [-0.4, -0.2) is 35.9 Å². The van der Waals surface area contributed by atoms with Crippen molar-refractivity contribution in [1.29, 1.82) is 0 Å². The smallest absolute Gasteiger partial charge is 0.181 e. The van der Waals surface area contributed by atoms with E-state index in [4.69, 9.17) is 17.0 Å². The molecule has 2 atom stereocenters. The maximum Gasteiger partial charge on any atom is 0.181 e. The first-order chi connectivity index (χ1) is 10.6. The van der Waals surface area contributed by atoms with Crippen molar-refractivity contribution in [3.63, 3.8) is 0 Å². The molecule has 0 aliphatic carbocycles. The zero-order valence-electron chi connectivity index (χ0n) is 13.8. The molecule has 1 fully saturated rings. The van der Waals surface area contributed by atoms with Crippen LogP contribution < -0.4 is 15.5 Å². The average Bonchev–Trinajstić information content (AvgIpc) is 2.52. The Labute approximate surface area is 139 Å². The first-order valence-corrected chi connectivity index (χ1v) is 8.46. The van der Waals surface area contributed by atoms with Crippen LogP contribution in [-0.2, 0) is 6.42 Å². The quantitative estimate of drug-likeness (QED) is 0.816. The van der Waals surface area contributed by atoms with Gasteiger partial charge in [-0.1, -0.05) is 18.6 Å². The van der Waals surface area contributed by atoms with Gasteiger partial charge in [-0.15, -0.1) is 0 Å². The van der Waals surface area contributed by atoms with Gasteiger partial charge in [0.05, 0.1) is 7.11 Å².